The van der Waals surface area contributed by atoms with Crippen molar-refractivity contribution in [3.05, 3.63) is 41.6 Å². The maximum Gasteiger partial charge on any atom is 0.308 e. The fourth-order valence-electron chi connectivity index (χ4n) is 3.04. The summed E-state index contributed by atoms with van der Waals surface area (Å²) in [6, 6.07) is 8.80. The molecule has 0 amide bonds. The van der Waals surface area contributed by atoms with Crippen LogP contribution in [0.1, 0.15) is 43.2 Å². The summed E-state index contributed by atoms with van der Waals surface area (Å²) in [5.74, 6) is 0.783. The molecular weight excluding hydrogens is 318 g/mol. The molecule has 25 heavy (non-hydrogen) atoms. The quantitative estimate of drug-likeness (QED) is 0.628. The van der Waals surface area contributed by atoms with Crippen LogP contribution >= 0.6 is 0 Å². The van der Waals surface area contributed by atoms with Crippen molar-refractivity contribution in [3.8, 4) is 22.8 Å². The van der Waals surface area contributed by atoms with E-state index in [-0.39, 0.29) is 11.2 Å². The second kappa shape index (κ2) is 6.31. The number of rotatable bonds is 3. The van der Waals surface area contributed by atoms with Crippen LogP contribution in [0.4, 0.5) is 0 Å². The Morgan fingerprint density at radius 1 is 1.16 bits per heavy atom. The first-order chi connectivity index (χ1) is 11.8. The number of fused-ring (bicyclic) bond motifs is 1. The van der Waals surface area contributed by atoms with Crippen LogP contribution in [-0.2, 0) is 11.2 Å². The number of esters is 1. The minimum atomic E-state index is -0.402. The number of aryl methyl sites for hydroxylation is 1. The number of aromatic nitrogens is 1. The molecule has 1 heterocycles. The molecule has 0 N–H and O–H groups in total. The summed E-state index contributed by atoms with van der Waals surface area (Å²) in [5.41, 5.74) is 2.43. The van der Waals surface area contributed by atoms with Crippen LogP contribution in [0.2, 0.25) is 0 Å². The van der Waals surface area contributed by atoms with E-state index < -0.39 is 5.97 Å². The van der Waals surface area contributed by atoms with Gasteiger partial charge in [0.15, 0.2) is 5.78 Å². The molecule has 1 aliphatic carbocycles. The summed E-state index contributed by atoms with van der Waals surface area (Å²) in [6.45, 7) is 5.29. The van der Waals surface area contributed by atoms with Crippen LogP contribution in [0.25, 0.3) is 11.3 Å². The highest BCUT2D eigenvalue weighted by atomic mass is 16.5. The molecule has 0 saturated heterocycles. The predicted octanol–water partition coefficient (Wildman–Crippen LogP) is 3.84. The van der Waals surface area contributed by atoms with Crippen LogP contribution in [0.5, 0.6) is 11.5 Å². The lowest BCUT2D eigenvalue weighted by atomic mass is 9.75. The molecular formula is C20H21NO4. The van der Waals surface area contributed by atoms with E-state index in [1.165, 1.54) is 6.92 Å². The molecule has 3 rings (SSSR count). The molecule has 0 aliphatic heterocycles. The highest BCUT2D eigenvalue weighted by Crippen LogP contribution is 2.37. The van der Waals surface area contributed by atoms with Gasteiger partial charge >= 0.3 is 5.97 Å². The van der Waals surface area contributed by atoms with Crippen molar-refractivity contribution < 1.29 is 19.1 Å². The van der Waals surface area contributed by atoms with Crippen molar-refractivity contribution in [1.29, 1.82) is 0 Å². The Bertz CT molecular complexity index is 855. The Kier molecular flexibility index (Phi) is 4.33. The second-order valence-electron chi connectivity index (χ2n) is 6.86. The molecule has 0 saturated carbocycles. The van der Waals surface area contributed by atoms with Crippen LogP contribution in [-0.4, -0.2) is 23.8 Å². The summed E-state index contributed by atoms with van der Waals surface area (Å²) in [5, 5.41) is 0. The smallest absolute Gasteiger partial charge is 0.308 e. The van der Waals surface area contributed by atoms with E-state index in [0.29, 0.717) is 28.3 Å². The lowest BCUT2D eigenvalue weighted by molar-refractivity contribution is -0.131. The van der Waals surface area contributed by atoms with Crippen molar-refractivity contribution >= 4 is 11.8 Å². The molecule has 0 fully saturated rings. The number of carbonyl (C=O) groups excluding carboxylic acids is 2. The average molecular weight is 339 g/mol. The Hall–Kier alpha value is -2.69. The first-order valence-electron chi connectivity index (χ1n) is 8.23. The van der Waals surface area contributed by atoms with Crippen LogP contribution in [0.15, 0.2) is 30.3 Å². The van der Waals surface area contributed by atoms with Gasteiger partial charge in [-0.1, -0.05) is 13.8 Å². The van der Waals surface area contributed by atoms with Gasteiger partial charge in [0.2, 0.25) is 0 Å². The predicted molar refractivity (Wildman–Crippen MR) is 94.0 cm³/mol. The Labute approximate surface area is 147 Å². The van der Waals surface area contributed by atoms with Gasteiger partial charge in [-0.05, 0) is 43.2 Å². The number of carbonyl (C=O) groups is 2. The Morgan fingerprint density at radius 3 is 2.60 bits per heavy atom. The fourth-order valence-corrected chi connectivity index (χ4v) is 3.04. The van der Waals surface area contributed by atoms with Gasteiger partial charge in [0.1, 0.15) is 11.5 Å². The SMILES string of the molecule is COc1ccc(OC(C)=O)c(-c2ccc3c(n2)CCC(C)(C)C3=O)c1. The number of nitrogens with zero attached hydrogens (tertiary/aromatic N) is 1. The molecule has 0 atom stereocenters. The Balaban J connectivity index is 2.08. The molecule has 2 aromatic rings. The van der Waals surface area contributed by atoms with E-state index in [9.17, 15) is 9.59 Å². The number of pyridine rings is 1. The van der Waals surface area contributed by atoms with Gasteiger partial charge in [-0.3, -0.25) is 14.6 Å². The van der Waals surface area contributed by atoms with E-state index >= 15 is 0 Å². The molecule has 1 aromatic heterocycles. The summed E-state index contributed by atoms with van der Waals surface area (Å²) >= 11 is 0. The molecule has 0 radical (unpaired) electrons. The summed E-state index contributed by atoms with van der Waals surface area (Å²) in [6.07, 6.45) is 1.51. The number of ether oxygens (including phenoxy) is 2. The van der Waals surface area contributed by atoms with Gasteiger partial charge < -0.3 is 9.47 Å². The highest BCUT2D eigenvalue weighted by molar-refractivity contribution is 6.02. The topological polar surface area (TPSA) is 65.5 Å². The highest BCUT2D eigenvalue weighted by Gasteiger charge is 2.35. The van der Waals surface area contributed by atoms with Crippen LogP contribution in [0, 0.1) is 5.41 Å². The van der Waals surface area contributed by atoms with E-state index in [2.05, 4.69) is 4.98 Å². The van der Waals surface area contributed by atoms with Crippen molar-refractivity contribution in [2.75, 3.05) is 7.11 Å². The van der Waals surface area contributed by atoms with Crippen molar-refractivity contribution in [2.45, 2.75) is 33.6 Å². The number of ketones is 1. The third-order valence-corrected chi connectivity index (χ3v) is 4.54. The van der Waals surface area contributed by atoms with Gasteiger partial charge in [-0.25, -0.2) is 0 Å². The van der Waals surface area contributed by atoms with Crippen LogP contribution < -0.4 is 9.47 Å². The first kappa shape index (κ1) is 17.1. The van der Waals surface area contributed by atoms with Crippen LogP contribution in [0.3, 0.4) is 0 Å². The standard InChI is InChI=1S/C20H21NO4/c1-12(22)25-18-8-5-13(24-4)11-15(18)16-7-6-14-17(21-16)9-10-20(2,3)19(14)23/h5-8,11H,9-10H2,1-4H3. The van der Waals surface area contributed by atoms with Gasteiger partial charge in [0.25, 0.3) is 0 Å². The minimum absolute atomic E-state index is 0.124. The first-order valence-corrected chi connectivity index (χ1v) is 8.23. The van der Waals surface area contributed by atoms with E-state index in [1.54, 1.807) is 31.4 Å². The molecule has 5 nitrogen and oxygen atoms in total. The van der Waals surface area contributed by atoms with Gasteiger partial charge in [0, 0.05) is 23.5 Å². The monoisotopic (exact) mass is 339 g/mol. The number of hydrogen-bond donors (Lipinski definition) is 0. The fraction of sp³-hybridized carbons (Fsp3) is 0.350. The zero-order valence-corrected chi connectivity index (χ0v) is 14.9. The molecule has 5 heteroatoms. The second-order valence-corrected chi connectivity index (χ2v) is 6.86. The molecule has 130 valence electrons. The molecule has 0 bridgehead atoms. The molecule has 0 spiro atoms. The Morgan fingerprint density at radius 2 is 1.92 bits per heavy atom. The zero-order chi connectivity index (χ0) is 18.2. The lowest BCUT2D eigenvalue weighted by Gasteiger charge is -2.29. The van der Waals surface area contributed by atoms with Gasteiger partial charge in [-0.2, -0.15) is 0 Å². The maximum atomic E-state index is 12.6. The largest absolute Gasteiger partial charge is 0.497 e. The van der Waals surface area contributed by atoms with Gasteiger partial charge in [-0.15, -0.1) is 0 Å². The van der Waals surface area contributed by atoms with Crippen molar-refractivity contribution in [1.82, 2.24) is 4.98 Å². The number of Topliss-reactive ketones (excluding diaryl/α,β-unsaturated/α-hetero) is 1. The summed E-state index contributed by atoms with van der Waals surface area (Å²) in [4.78, 5) is 28.6. The number of benzene rings is 1. The molecule has 1 aliphatic rings. The molecule has 0 unspecified atom stereocenters. The maximum absolute atomic E-state index is 12.6. The summed E-state index contributed by atoms with van der Waals surface area (Å²) in [7, 11) is 1.58. The van der Waals surface area contributed by atoms with Crippen molar-refractivity contribution in [2.24, 2.45) is 5.41 Å². The third-order valence-electron chi connectivity index (χ3n) is 4.54. The third kappa shape index (κ3) is 3.27. The minimum Gasteiger partial charge on any atom is -0.497 e. The van der Waals surface area contributed by atoms with Gasteiger partial charge in [0.05, 0.1) is 18.5 Å². The normalized spacial score (nSPS) is 15.4. The van der Waals surface area contributed by atoms with E-state index in [1.807, 2.05) is 19.9 Å². The lowest BCUT2D eigenvalue weighted by Crippen LogP contribution is -2.31. The summed E-state index contributed by atoms with van der Waals surface area (Å²) < 4.78 is 10.6. The zero-order valence-electron chi connectivity index (χ0n) is 14.9. The van der Waals surface area contributed by atoms with E-state index in [0.717, 1.165) is 18.5 Å². The average Bonchev–Trinajstić information content (AvgIpc) is 2.58. The number of hydrogen-bond acceptors (Lipinski definition) is 5. The number of methoxy groups -OCH3 is 1. The molecule has 1 aromatic carbocycles. The van der Waals surface area contributed by atoms with Crippen molar-refractivity contribution in [3.63, 3.8) is 0 Å². The van der Waals surface area contributed by atoms with E-state index in [4.69, 9.17) is 9.47 Å².